The van der Waals surface area contributed by atoms with Crippen LogP contribution in [0.2, 0.25) is 4.47 Å². The number of thiazole rings is 1. The van der Waals surface area contributed by atoms with E-state index in [9.17, 15) is 0 Å². The number of piperidine rings is 1. The Bertz CT molecular complexity index is 342. The lowest BCUT2D eigenvalue weighted by atomic mass is 9.92. The van der Waals surface area contributed by atoms with Gasteiger partial charge in [0, 0.05) is 30.2 Å². The molecule has 1 aromatic rings. The second-order valence-corrected chi connectivity index (χ2v) is 6.27. The van der Waals surface area contributed by atoms with Crippen molar-refractivity contribution in [3.8, 4) is 0 Å². The zero-order chi connectivity index (χ0) is 11.5. The minimum atomic E-state index is 0.518. The van der Waals surface area contributed by atoms with Crippen LogP contribution in [0.1, 0.15) is 24.6 Å². The van der Waals surface area contributed by atoms with E-state index in [0.29, 0.717) is 10.5 Å². The van der Waals surface area contributed by atoms with Gasteiger partial charge in [0.05, 0.1) is 0 Å². The average molecular weight is 260 g/mol. The number of likely N-dealkylation sites (tertiary alicyclic amines) is 1. The molecule has 0 radical (unpaired) electrons. The third-order valence-electron chi connectivity index (χ3n) is 3.26. The standard InChI is InChI=1S/C11H18ClN3S/c1-8-2-3-15(9(4-8)5-13)7-10-6-14-11(12)16-10/h6,8-9H,2-5,7,13H2,1H3. The molecule has 16 heavy (non-hydrogen) atoms. The molecular formula is C11H18ClN3S. The molecule has 2 atom stereocenters. The van der Waals surface area contributed by atoms with Crippen LogP contribution in [-0.2, 0) is 6.54 Å². The largest absolute Gasteiger partial charge is 0.329 e. The average Bonchev–Trinajstić information content (AvgIpc) is 2.67. The molecule has 1 aliphatic rings. The summed E-state index contributed by atoms with van der Waals surface area (Å²) in [6.07, 6.45) is 4.35. The molecule has 2 heterocycles. The summed E-state index contributed by atoms with van der Waals surface area (Å²) < 4.78 is 0.629. The Morgan fingerprint density at radius 3 is 3.12 bits per heavy atom. The molecule has 2 rings (SSSR count). The second-order valence-electron chi connectivity index (χ2n) is 4.57. The van der Waals surface area contributed by atoms with E-state index in [4.69, 9.17) is 17.3 Å². The van der Waals surface area contributed by atoms with Gasteiger partial charge in [0.1, 0.15) is 0 Å². The predicted octanol–water partition coefficient (Wildman–Crippen LogP) is 2.36. The van der Waals surface area contributed by atoms with Gasteiger partial charge in [0.2, 0.25) is 0 Å². The van der Waals surface area contributed by atoms with Gasteiger partial charge in [-0.3, -0.25) is 4.90 Å². The van der Waals surface area contributed by atoms with Crippen LogP contribution in [0.5, 0.6) is 0 Å². The topological polar surface area (TPSA) is 42.2 Å². The molecule has 1 saturated heterocycles. The monoisotopic (exact) mass is 259 g/mol. The van der Waals surface area contributed by atoms with Crippen molar-refractivity contribution in [3.05, 3.63) is 15.5 Å². The summed E-state index contributed by atoms with van der Waals surface area (Å²) in [4.78, 5) is 7.77. The maximum atomic E-state index is 5.84. The maximum absolute atomic E-state index is 5.84. The summed E-state index contributed by atoms with van der Waals surface area (Å²) in [6, 6.07) is 0.518. The lowest BCUT2D eigenvalue weighted by molar-refractivity contribution is 0.116. The first-order chi connectivity index (χ1) is 7.69. The van der Waals surface area contributed by atoms with E-state index in [1.807, 2.05) is 6.20 Å². The van der Waals surface area contributed by atoms with Crippen molar-refractivity contribution in [2.45, 2.75) is 32.4 Å². The highest BCUT2D eigenvalue weighted by Gasteiger charge is 2.25. The Hall–Kier alpha value is -0.160. The van der Waals surface area contributed by atoms with Crippen molar-refractivity contribution in [2.75, 3.05) is 13.1 Å². The van der Waals surface area contributed by atoms with Crippen molar-refractivity contribution >= 4 is 22.9 Å². The first-order valence-corrected chi connectivity index (χ1v) is 6.92. The fourth-order valence-electron chi connectivity index (χ4n) is 2.31. The van der Waals surface area contributed by atoms with Gasteiger partial charge in [-0.05, 0) is 25.3 Å². The molecule has 0 amide bonds. The van der Waals surface area contributed by atoms with Crippen LogP contribution in [-0.4, -0.2) is 29.0 Å². The van der Waals surface area contributed by atoms with E-state index in [0.717, 1.165) is 25.6 Å². The smallest absolute Gasteiger partial charge is 0.183 e. The molecule has 0 spiro atoms. The van der Waals surface area contributed by atoms with Gasteiger partial charge in [-0.25, -0.2) is 4.98 Å². The van der Waals surface area contributed by atoms with E-state index in [-0.39, 0.29) is 0 Å². The molecule has 2 unspecified atom stereocenters. The van der Waals surface area contributed by atoms with Gasteiger partial charge < -0.3 is 5.73 Å². The van der Waals surface area contributed by atoms with E-state index < -0.39 is 0 Å². The lowest BCUT2D eigenvalue weighted by Crippen LogP contribution is -2.45. The van der Waals surface area contributed by atoms with Gasteiger partial charge in [-0.1, -0.05) is 18.5 Å². The number of hydrogen-bond acceptors (Lipinski definition) is 4. The highest BCUT2D eigenvalue weighted by molar-refractivity contribution is 7.15. The lowest BCUT2D eigenvalue weighted by Gasteiger charge is -2.37. The Kier molecular flexibility index (Phi) is 4.19. The van der Waals surface area contributed by atoms with Gasteiger partial charge in [0.15, 0.2) is 4.47 Å². The number of aromatic nitrogens is 1. The van der Waals surface area contributed by atoms with Crippen molar-refractivity contribution in [2.24, 2.45) is 11.7 Å². The van der Waals surface area contributed by atoms with Crippen LogP contribution >= 0.6 is 22.9 Å². The summed E-state index contributed by atoms with van der Waals surface area (Å²) in [6.45, 7) is 5.14. The fourth-order valence-corrected chi connectivity index (χ4v) is 3.31. The summed E-state index contributed by atoms with van der Waals surface area (Å²) in [5.74, 6) is 0.801. The Balaban J connectivity index is 1.97. The summed E-state index contributed by atoms with van der Waals surface area (Å²) >= 11 is 7.40. The zero-order valence-corrected chi connectivity index (χ0v) is 11.1. The summed E-state index contributed by atoms with van der Waals surface area (Å²) in [5, 5.41) is 0. The Morgan fingerprint density at radius 2 is 2.50 bits per heavy atom. The van der Waals surface area contributed by atoms with Gasteiger partial charge >= 0.3 is 0 Å². The molecule has 0 saturated carbocycles. The van der Waals surface area contributed by atoms with Crippen LogP contribution < -0.4 is 5.73 Å². The first kappa shape index (κ1) is 12.3. The van der Waals surface area contributed by atoms with Crippen molar-refractivity contribution in [3.63, 3.8) is 0 Å². The number of nitrogens with two attached hydrogens (primary N) is 1. The molecule has 0 bridgehead atoms. The molecule has 1 aromatic heterocycles. The third-order valence-corrected chi connectivity index (χ3v) is 4.36. The SMILES string of the molecule is CC1CCN(Cc2cnc(Cl)s2)C(CN)C1. The first-order valence-electron chi connectivity index (χ1n) is 5.73. The van der Waals surface area contributed by atoms with E-state index >= 15 is 0 Å². The van der Waals surface area contributed by atoms with Crippen molar-refractivity contribution < 1.29 is 0 Å². The maximum Gasteiger partial charge on any atom is 0.183 e. The number of hydrogen-bond donors (Lipinski definition) is 1. The highest BCUT2D eigenvalue weighted by Crippen LogP contribution is 2.26. The van der Waals surface area contributed by atoms with Crippen LogP contribution in [0.4, 0.5) is 0 Å². The fraction of sp³-hybridized carbons (Fsp3) is 0.727. The van der Waals surface area contributed by atoms with Gasteiger partial charge in [-0.2, -0.15) is 0 Å². The predicted molar refractivity (Wildman–Crippen MR) is 68.8 cm³/mol. The zero-order valence-electron chi connectivity index (χ0n) is 9.53. The number of nitrogens with zero attached hydrogens (tertiary/aromatic N) is 2. The second kappa shape index (κ2) is 5.45. The molecule has 0 aliphatic carbocycles. The minimum Gasteiger partial charge on any atom is -0.329 e. The van der Waals surface area contributed by atoms with Crippen LogP contribution in [0, 0.1) is 5.92 Å². The van der Waals surface area contributed by atoms with E-state index in [1.54, 1.807) is 11.3 Å². The number of halogens is 1. The molecule has 1 aliphatic heterocycles. The highest BCUT2D eigenvalue weighted by atomic mass is 35.5. The molecule has 1 fully saturated rings. The van der Waals surface area contributed by atoms with Crippen molar-refractivity contribution in [1.29, 1.82) is 0 Å². The third kappa shape index (κ3) is 2.94. The molecule has 90 valence electrons. The van der Waals surface area contributed by atoms with Crippen LogP contribution in [0.3, 0.4) is 0 Å². The van der Waals surface area contributed by atoms with Crippen LogP contribution in [0.25, 0.3) is 0 Å². The van der Waals surface area contributed by atoms with E-state index in [2.05, 4.69) is 16.8 Å². The quantitative estimate of drug-likeness (QED) is 0.906. The molecule has 5 heteroatoms. The molecular weight excluding hydrogens is 242 g/mol. The van der Waals surface area contributed by atoms with Gasteiger partial charge in [-0.15, -0.1) is 11.3 Å². The van der Waals surface area contributed by atoms with E-state index in [1.165, 1.54) is 17.7 Å². The summed E-state index contributed by atoms with van der Waals surface area (Å²) in [5.41, 5.74) is 5.83. The normalized spacial score (nSPS) is 27.2. The Morgan fingerprint density at radius 1 is 1.69 bits per heavy atom. The Labute approximate surface area is 106 Å². The van der Waals surface area contributed by atoms with Crippen molar-refractivity contribution in [1.82, 2.24) is 9.88 Å². The minimum absolute atomic E-state index is 0.518. The number of rotatable bonds is 3. The van der Waals surface area contributed by atoms with Gasteiger partial charge in [0.25, 0.3) is 0 Å². The molecule has 2 N–H and O–H groups in total. The summed E-state index contributed by atoms with van der Waals surface area (Å²) in [7, 11) is 0. The molecule has 3 nitrogen and oxygen atoms in total. The van der Waals surface area contributed by atoms with Crippen LogP contribution in [0.15, 0.2) is 6.20 Å². The molecule has 0 aromatic carbocycles.